The normalized spacial score (nSPS) is 20.4. The molecule has 0 atom stereocenters. The summed E-state index contributed by atoms with van der Waals surface area (Å²) in [7, 11) is 3.99. The number of likely N-dealkylation sites (N-methyl/N-ethyl adjacent to an activating group) is 2. The molecule has 134 valence electrons. The zero-order valence-corrected chi connectivity index (χ0v) is 16.4. The number of benzene rings is 1. The number of piperidine rings is 1. The van der Waals surface area contributed by atoms with Crippen LogP contribution in [0.25, 0.3) is 0 Å². The number of carbonyl (C=O) groups excluding carboxylic acids is 1. The highest BCUT2D eigenvalue weighted by Gasteiger charge is 2.50. The van der Waals surface area contributed by atoms with Gasteiger partial charge in [0.1, 0.15) is 5.54 Å². The third kappa shape index (κ3) is 3.04. The van der Waals surface area contributed by atoms with Crippen molar-refractivity contribution in [3.8, 4) is 0 Å². The molecule has 0 saturated carbocycles. The maximum Gasteiger partial charge on any atom is 0.244 e. The molecule has 24 heavy (non-hydrogen) atoms. The van der Waals surface area contributed by atoms with E-state index in [1.807, 2.05) is 25.8 Å². The zero-order valence-electron chi connectivity index (χ0n) is 16.4. The number of anilines is 1. The van der Waals surface area contributed by atoms with E-state index in [1.165, 1.54) is 22.4 Å². The number of aryl methyl sites for hydroxylation is 3. The summed E-state index contributed by atoms with van der Waals surface area (Å²) in [6.45, 7) is 13.2. The van der Waals surface area contributed by atoms with Crippen LogP contribution in [0.3, 0.4) is 0 Å². The Bertz CT molecular complexity index is 603. The summed E-state index contributed by atoms with van der Waals surface area (Å²) in [5, 5.41) is 0. The first-order valence-corrected chi connectivity index (χ1v) is 9.15. The molecule has 4 nitrogen and oxygen atoms in total. The van der Waals surface area contributed by atoms with Gasteiger partial charge in [0.15, 0.2) is 0 Å². The summed E-state index contributed by atoms with van der Waals surface area (Å²) in [6.07, 6.45) is 1.83. The summed E-state index contributed by atoms with van der Waals surface area (Å²) in [6, 6.07) is 4.57. The molecule has 0 radical (unpaired) electrons. The third-order valence-corrected chi connectivity index (χ3v) is 5.64. The number of hydrogen-bond donors (Lipinski definition) is 0. The minimum atomic E-state index is -0.265. The fraction of sp³-hybridized carbons (Fsp3) is 0.650. The van der Waals surface area contributed by atoms with Crippen molar-refractivity contribution >= 4 is 11.6 Å². The summed E-state index contributed by atoms with van der Waals surface area (Å²) in [4.78, 5) is 19.1. The Morgan fingerprint density at radius 3 is 1.96 bits per heavy atom. The van der Waals surface area contributed by atoms with Crippen LogP contribution in [0.5, 0.6) is 0 Å². The van der Waals surface area contributed by atoms with Gasteiger partial charge in [-0.15, -0.1) is 0 Å². The fourth-order valence-corrected chi connectivity index (χ4v) is 4.04. The summed E-state index contributed by atoms with van der Waals surface area (Å²) >= 11 is 0. The van der Waals surface area contributed by atoms with Crippen molar-refractivity contribution in [3.63, 3.8) is 0 Å². The Balaban J connectivity index is 0.00000100. The zero-order chi connectivity index (χ0) is 18.1. The van der Waals surface area contributed by atoms with Crippen LogP contribution in [-0.2, 0) is 4.79 Å². The van der Waals surface area contributed by atoms with Gasteiger partial charge in [-0.3, -0.25) is 9.69 Å². The predicted molar refractivity (Wildman–Crippen MR) is 102 cm³/mol. The number of rotatable bonds is 1. The maximum atomic E-state index is 12.6. The SMILES string of the molecule is CC.Cc1cc(C)c(N2CCC3(CC2)C(=O)N(C)CN3C)cc1C. The van der Waals surface area contributed by atoms with Crippen molar-refractivity contribution in [2.75, 3.05) is 38.8 Å². The highest BCUT2D eigenvalue weighted by Crippen LogP contribution is 2.36. The van der Waals surface area contributed by atoms with Gasteiger partial charge in [-0.05, 0) is 63.4 Å². The van der Waals surface area contributed by atoms with Crippen LogP contribution < -0.4 is 4.90 Å². The Kier molecular flexibility index (Phi) is 5.59. The molecule has 0 aromatic heterocycles. The molecule has 0 aliphatic carbocycles. The minimum absolute atomic E-state index is 0.265. The van der Waals surface area contributed by atoms with Crippen molar-refractivity contribution in [2.24, 2.45) is 0 Å². The molecule has 3 rings (SSSR count). The fourth-order valence-electron chi connectivity index (χ4n) is 4.04. The Labute approximate surface area is 147 Å². The number of amides is 1. The van der Waals surface area contributed by atoms with Crippen LogP contribution in [0.4, 0.5) is 5.69 Å². The lowest BCUT2D eigenvalue weighted by molar-refractivity contribution is -0.133. The lowest BCUT2D eigenvalue weighted by Crippen LogP contribution is -2.55. The van der Waals surface area contributed by atoms with Gasteiger partial charge in [-0.25, -0.2) is 0 Å². The quantitative estimate of drug-likeness (QED) is 0.790. The lowest BCUT2D eigenvalue weighted by Gasteiger charge is -2.42. The Hall–Kier alpha value is -1.55. The minimum Gasteiger partial charge on any atom is -0.371 e. The van der Waals surface area contributed by atoms with E-state index in [4.69, 9.17) is 0 Å². The van der Waals surface area contributed by atoms with Gasteiger partial charge in [0.05, 0.1) is 6.67 Å². The highest BCUT2D eigenvalue weighted by atomic mass is 16.2. The number of nitrogens with zero attached hydrogens (tertiary/aromatic N) is 3. The van der Waals surface area contributed by atoms with Crippen LogP contribution in [0.2, 0.25) is 0 Å². The van der Waals surface area contributed by atoms with Crippen molar-refractivity contribution in [1.82, 2.24) is 9.80 Å². The largest absolute Gasteiger partial charge is 0.371 e. The molecule has 0 unspecified atom stereocenters. The number of hydrogen-bond acceptors (Lipinski definition) is 3. The molecule has 2 aliphatic rings. The van der Waals surface area contributed by atoms with E-state index in [1.54, 1.807) is 0 Å². The second kappa shape index (κ2) is 7.14. The van der Waals surface area contributed by atoms with Crippen molar-refractivity contribution in [3.05, 3.63) is 28.8 Å². The van der Waals surface area contributed by atoms with Crippen molar-refractivity contribution in [2.45, 2.75) is 53.0 Å². The van der Waals surface area contributed by atoms with Gasteiger partial charge in [-0.1, -0.05) is 19.9 Å². The molecule has 2 heterocycles. The smallest absolute Gasteiger partial charge is 0.244 e. The second-order valence-corrected chi connectivity index (χ2v) is 7.08. The van der Waals surface area contributed by atoms with Crippen molar-refractivity contribution in [1.29, 1.82) is 0 Å². The Morgan fingerprint density at radius 2 is 1.46 bits per heavy atom. The van der Waals surface area contributed by atoms with E-state index in [9.17, 15) is 4.79 Å². The molecule has 0 N–H and O–H groups in total. The summed E-state index contributed by atoms with van der Waals surface area (Å²) in [5.41, 5.74) is 5.09. The lowest BCUT2D eigenvalue weighted by atomic mass is 9.85. The monoisotopic (exact) mass is 331 g/mol. The number of carbonyl (C=O) groups is 1. The van der Waals surface area contributed by atoms with Crippen LogP contribution >= 0.6 is 0 Å². The molecule has 1 amide bonds. The molecule has 2 saturated heterocycles. The first kappa shape index (κ1) is 18.8. The molecule has 4 heteroatoms. The molecule has 1 aromatic carbocycles. The molecule has 2 fully saturated rings. The van der Waals surface area contributed by atoms with Crippen LogP contribution in [0.1, 0.15) is 43.4 Å². The topological polar surface area (TPSA) is 26.8 Å². The van der Waals surface area contributed by atoms with E-state index in [0.29, 0.717) is 5.91 Å². The van der Waals surface area contributed by atoms with Crippen LogP contribution in [-0.4, -0.2) is 55.1 Å². The van der Waals surface area contributed by atoms with E-state index >= 15 is 0 Å². The average Bonchev–Trinajstić information content (AvgIpc) is 2.78. The first-order chi connectivity index (χ1) is 11.3. The molecular weight excluding hydrogens is 298 g/mol. The predicted octanol–water partition coefficient (Wildman–Crippen LogP) is 3.34. The van der Waals surface area contributed by atoms with E-state index in [-0.39, 0.29) is 5.54 Å². The third-order valence-electron chi connectivity index (χ3n) is 5.64. The van der Waals surface area contributed by atoms with E-state index in [0.717, 1.165) is 32.6 Å². The van der Waals surface area contributed by atoms with Gasteiger partial charge < -0.3 is 9.80 Å². The van der Waals surface area contributed by atoms with Gasteiger partial charge in [-0.2, -0.15) is 0 Å². The second-order valence-electron chi connectivity index (χ2n) is 7.08. The molecule has 0 bridgehead atoms. The first-order valence-electron chi connectivity index (χ1n) is 9.15. The summed E-state index contributed by atoms with van der Waals surface area (Å²) in [5.74, 6) is 0.298. The molecular formula is C20H33N3O. The average molecular weight is 332 g/mol. The molecule has 2 aliphatic heterocycles. The Morgan fingerprint density at radius 1 is 0.917 bits per heavy atom. The van der Waals surface area contributed by atoms with Gasteiger partial charge >= 0.3 is 0 Å². The maximum absolute atomic E-state index is 12.6. The van der Waals surface area contributed by atoms with Gasteiger partial charge in [0.25, 0.3) is 0 Å². The van der Waals surface area contributed by atoms with E-state index < -0.39 is 0 Å². The standard InChI is InChI=1S/C18H27N3O.C2H6/c1-13-10-15(3)16(11-14(13)2)21-8-6-18(7-9-21)17(22)19(4)12-20(18)5;1-2/h10-11H,6-9,12H2,1-5H3;1-2H3. The highest BCUT2D eigenvalue weighted by molar-refractivity contribution is 5.88. The van der Waals surface area contributed by atoms with Gasteiger partial charge in [0, 0.05) is 25.8 Å². The molecule has 1 aromatic rings. The van der Waals surface area contributed by atoms with Crippen LogP contribution in [0.15, 0.2) is 12.1 Å². The van der Waals surface area contributed by atoms with Gasteiger partial charge in [0.2, 0.25) is 5.91 Å². The van der Waals surface area contributed by atoms with E-state index in [2.05, 4.69) is 49.8 Å². The summed E-state index contributed by atoms with van der Waals surface area (Å²) < 4.78 is 0. The molecule has 1 spiro atoms. The van der Waals surface area contributed by atoms with Crippen molar-refractivity contribution < 1.29 is 4.79 Å². The van der Waals surface area contributed by atoms with Crippen LogP contribution in [0, 0.1) is 20.8 Å².